The van der Waals surface area contributed by atoms with Crippen molar-refractivity contribution in [2.75, 3.05) is 20.8 Å². The number of halogens is 1. The number of rotatable bonds is 6. The average molecular weight is 298 g/mol. The van der Waals surface area contributed by atoms with Crippen LogP contribution >= 0.6 is 11.6 Å². The number of esters is 1. The summed E-state index contributed by atoms with van der Waals surface area (Å²) < 4.78 is 9.62. The summed E-state index contributed by atoms with van der Waals surface area (Å²) in [6.45, 7) is 0.225. The van der Waals surface area contributed by atoms with E-state index in [1.54, 1.807) is 24.3 Å². The smallest absolute Gasteiger partial charge is 0.307 e. The number of benzene rings is 1. The van der Waals surface area contributed by atoms with Crippen molar-refractivity contribution in [2.45, 2.75) is 6.42 Å². The van der Waals surface area contributed by atoms with Crippen molar-refractivity contribution in [3.05, 3.63) is 34.9 Å². The zero-order valence-corrected chi connectivity index (χ0v) is 12.1. The molecule has 1 aromatic carbocycles. The topological polar surface area (TPSA) is 64.6 Å². The van der Waals surface area contributed by atoms with Crippen LogP contribution in [0.2, 0.25) is 5.02 Å². The molecule has 0 aliphatic rings. The molecule has 0 saturated heterocycles. The predicted octanol–water partition coefficient (Wildman–Crippen LogP) is 2.04. The molecule has 108 valence electrons. The Hall–Kier alpha value is -2.01. The van der Waals surface area contributed by atoms with E-state index in [9.17, 15) is 9.59 Å². The Kier molecular flexibility index (Phi) is 6.59. The third kappa shape index (κ3) is 5.32. The highest BCUT2D eigenvalue weighted by Crippen LogP contribution is 2.23. The highest BCUT2D eigenvalue weighted by molar-refractivity contribution is 6.30. The first kappa shape index (κ1) is 16.0. The highest BCUT2D eigenvalue weighted by atomic mass is 35.5. The molecule has 0 aromatic heterocycles. The van der Waals surface area contributed by atoms with Crippen LogP contribution in [0.25, 0.3) is 6.08 Å². The molecule has 0 aliphatic carbocycles. The van der Waals surface area contributed by atoms with Crippen molar-refractivity contribution in [3.8, 4) is 5.75 Å². The lowest BCUT2D eigenvalue weighted by molar-refractivity contribution is -0.140. The molecule has 1 rings (SSSR count). The van der Waals surface area contributed by atoms with Crippen molar-refractivity contribution in [3.63, 3.8) is 0 Å². The van der Waals surface area contributed by atoms with Gasteiger partial charge in [0, 0.05) is 23.2 Å². The molecule has 1 amide bonds. The van der Waals surface area contributed by atoms with Crippen molar-refractivity contribution in [1.82, 2.24) is 5.32 Å². The van der Waals surface area contributed by atoms with Gasteiger partial charge in [0.05, 0.1) is 20.6 Å². The molecule has 6 heteroatoms. The summed E-state index contributed by atoms with van der Waals surface area (Å²) in [5.41, 5.74) is 0.697. The van der Waals surface area contributed by atoms with Gasteiger partial charge in [0.15, 0.2) is 0 Å². The summed E-state index contributed by atoms with van der Waals surface area (Å²) in [5.74, 6) is -0.0604. The molecule has 0 heterocycles. The van der Waals surface area contributed by atoms with Gasteiger partial charge in [-0.2, -0.15) is 0 Å². The van der Waals surface area contributed by atoms with Gasteiger partial charge in [-0.1, -0.05) is 11.6 Å². The number of nitrogens with one attached hydrogen (secondary N) is 1. The van der Waals surface area contributed by atoms with Gasteiger partial charge in [-0.25, -0.2) is 0 Å². The molecule has 1 N–H and O–H groups in total. The largest absolute Gasteiger partial charge is 0.496 e. The van der Waals surface area contributed by atoms with Crippen molar-refractivity contribution < 1.29 is 19.1 Å². The maximum Gasteiger partial charge on any atom is 0.307 e. The fourth-order valence-corrected chi connectivity index (χ4v) is 1.63. The Morgan fingerprint density at radius 3 is 2.75 bits per heavy atom. The fourth-order valence-electron chi connectivity index (χ4n) is 1.45. The van der Waals surface area contributed by atoms with Crippen LogP contribution in [0.5, 0.6) is 5.75 Å². The normalized spacial score (nSPS) is 10.3. The van der Waals surface area contributed by atoms with E-state index in [1.165, 1.54) is 20.3 Å². The maximum atomic E-state index is 11.5. The first-order valence-corrected chi connectivity index (χ1v) is 6.31. The molecule has 0 radical (unpaired) electrons. The number of methoxy groups -OCH3 is 2. The Labute approximate surface area is 122 Å². The Morgan fingerprint density at radius 1 is 1.35 bits per heavy atom. The third-order valence-corrected chi connectivity index (χ3v) is 2.70. The van der Waals surface area contributed by atoms with Crippen LogP contribution in [0, 0.1) is 0 Å². The molecular weight excluding hydrogens is 282 g/mol. The summed E-state index contributed by atoms with van der Waals surface area (Å²) in [4.78, 5) is 22.4. The van der Waals surface area contributed by atoms with Crippen molar-refractivity contribution in [1.29, 1.82) is 0 Å². The monoisotopic (exact) mass is 297 g/mol. The van der Waals surface area contributed by atoms with Crippen molar-refractivity contribution in [2.24, 2.45) is 0 Å². The second-order valence-corrected chi connectivity index (χ2v) is 4.27. The highest BCUT2D eigenvalue weighted by Gasteiger charge is 2.03. The zero-order valence-electron chi connectivity index (χ0n) is 11.3. The SMILES string of the molecule is COC(=O)CCNC(=O)C=Cc1cc(Cl)ccc1OC. The number of carbonyl (C=O) groups is 2. The van der Waals surface area contributed by atoms with Gasteiger partial charge in [0.1, 0.15) is 5.75 Å². The van der Waals surface area contributed by atoms with Gasteiger partial charge >= 0.3 is 5.97 Å². The molecule has 1 aromatic rings. The standard InChI is InChI=1S/C14H16ClNO4/c1-19-12-5-4-11(15)9-10(12)3-6-13(17)16-8-7-14(18)20-2/h3-6,9H,7-8H2,1-2H3,(H,16,17). The molecule has 0 atom stereocenters. The third-order valence-electron chi connectivity index (χ3n) is 2.46. The van der Waals surface area contributed by atoms with E-state index >= 15 is 0 Å². The van der Waals surface area contributed by atoms with Crippen LogP contribution in [0.4, 0.5) is 0 Å². The Bertz CT molecular complexity index is 514. The summed E-state index contributed by atoms with van der Waals surface area (Å²) in [5, 5.41) is 3.12. The van der Waals surface area contributed by atoms with Crippen LogP contribution in [-0.4, -0.2) is 32.6 Å². The zero-order chi connectivity index (χ0) is 15.0. The van der Waals surface area contributed by atoms with Crippen LogP contribution in [0.15, 0.2) is 24.3 Å². The quantitative estimate of drug-likeness (QED) is 0.645. The molecule has 5 nitrogen and oxygen atoms in total. The summed E-state index contributed by atoms with van der Waals surface area (Å²) in [6, 6.07) is 5.12. The van der Waals surface area contributed by atoms with Crippen LogP contribution < -0.4 is 10.1 Å². The lowest BCUT2D eigenvalue weighted by atomic mass is 10.2. The second-order valence-electron chi connectivity index (χ2n) is 3.84. The molecule has 0 spiro atoms. The van der Waals surface area contributed by atoms with Gasteiger partial charge < -0.3 is 14.8 Å². The lowest BCUT2D eigenvalue weighted by Gasteiger charge is -2.05. The van der Waals surface area contributed by atoms with Crippen molar-refractivity contribution >= 4 is 29.6 Å². The van der Waals surface area contributed by atoms with Gasteiger partial charge in [-0.15, -0.1) is 0 Å². The van der Waals surface area contributed by atoms with E-state index in [0.717, 1.165) is 0 Å². The summed E-state index contributed by atoms with van der Waals surface area (Å²) in [6.07, 6.45) is 3.08. The van der Waals surface area contributed by atoms with E-state index in [4.69, 9.17) is 16.3 Å². The van der Waals surface area contributed by atoms with E-state index in [1.807, 2.05) is 0 Å². The van der Waals surface area contributed by atoms with E-state index in [-0.39, 0.29) is 24.8 Å². The van der Waals surface area contributed by atoms with Crippen LogP contribution in [0.1, 0.15) is 12.0 Å². The molecule has 0 bridgehead atoms. The van der Waals surface area contributed by atoms with E-state index < -0.39 is 0 Å². The summed E-state index contributed by atoms with van der Waals surface area (Å²) >= 11 is 5.88. The number of carbonyl (C=O) groups excluding carboxylic acids is 2. The van der Waals surface area contributed by atoms with Crippen LogP contribution in [0.3, 0.4) is 0 Å². The predicted molar refractivity (Wildman–Crippen MR) is 76.7 cm³/mol. The Morgan fingerprint density at radius 2 is 2.10 bits per heavy atom. The summed E-state index contributed by atoms with van der Waals surface area (Å²) in [7, 11) is 2.84. The fraction of sp³-hybridized carbons (Fsp3) is 0.286. The number of hydrogen-bond donors (Lipinski definition) is 1. The second kappa shape index (κ2) is 8.22. The van der Waals surface area contributed by atoms with Gasteiger partial charge in [-0.05, 0) is 24.3 Å². The molecule has 0 aliphatic heterocycles. The first-order valence-electron chi connectivity index (χ1n) is 5.93. The molecule has 0 fully saturated rings. The van der Waals surface area contributed by atoms with Gasteiger partial charge in [0.25, 0.3) is 0 Å². The van der Waals surface area contributed by atoms with E-state index in [2.05, 4.69) is 10.1 Å². The van der Waals surface area contributed by atoms with Gasteiger partial charge in [-0.3, -0.25) is 9.59 Å². The number of amides is 1. The molecule has 0 saturated carbocycles. The molecule has 20 heavy (non-hydrogen) atoms. The first-order chi connectivity index (χ1) is 9.56. The molecular formula is C14H16ClNO4. The maximum absolute atomic E-state index is 11.5. The number of hydrogen-bond acceptors (Lipinski definition) is 4. The van der Waals surface area contributed by atoms with E-state index in [0.29, 0.717) is 16.3 Å². The minimum Gasteiger partial charge on any atom is -0.496 e. The minimum absolute atomic E-state index is 0.135. The average Bonchev–Trinajstić information content (AvgIpc) is 2.45. The molecule has 0 unspecified atom stereocenters. The number of ether oxygens (including phenoxy) is 2. The van der Waals surface area contributed by atoms with Gasteiger partial charge in [0.2, 0.25) is 5.91 Å². The van der Waals surface area contributed by atoms with Crippen LogP contribution in [-0.2, 0) is 14.3 Å². The lowest BCUT2D eigenvalue weighted by Crippen LogP contribution is -2.24. The minimum atomic E-state index is -0.370. The Balaban J connectivity index is 2.57.